The van der Waals surface area contributed by atoms with E-state index in [2.05, 4.69) is 15.8 Å². The van der Waals surface area contributed by atoms with Crippen molar-refractivity contribution in [2.75, 3.05) is 5.32 Å². The number of anilines is 1. The third kappa shape index (κ3) is 4.79. The van der Waals surface area contributed by atoms with Crippen molar-refractivity contribution >= 4 is 58.1 Å². The van der Waals surface area contributed by atoms with Crippen molar-refractivity contribution in [2.45, 2.75) is 0 Å². The van der Waals surface area contributed by atoms with E-state index < -0.39 is 4.92 Å². The van der Waals surface area contributed by atoms with E-state index in [4.69, 9.17) is 35.4 Å². The van der Waals surface area contributed by atoms with Crippen molar-refractivity contribution in [1.82, 2.24) is 5.43 Å². The monoisotopic (exact) mass is 384 g/mol. The largest absolute Gasteiger partial charge is 0.507 e. The van der Waals surface area contributed by atoms with Crippen LogP contribution in [0.4, 0.5) is 11.4 Å². The second-order valence-corrected chi connectivity index (χ2v) is 5.70. The molecule has 0 atom stereocenters. The Morgan fingerprint density at radius 2 is 2.04 bits per heavy atom. The normalized spacial score (nSPS) is 10.6. The van der Waals surface area contributed by atoms with Crippen molar-refractivity contribution in [3.63, 3.8) is 0 Å². The molecule has 2 rings (SSSR count). The van der Waals surface area contributed by atoms with Gasteiger partial charge in [0, 0.05) is 22.7 Å². The minimum Gasteiger partial charge on any atom is -0.507 e. The van der Waals surface area contributed by atoms with Crippen molar-refractivity contribution in [3.05, 3.63) is 62.1 Å². The highest BCUT2D eigenvalue weighted by molar-refractivity contribution is 7.80. The molecule has 0 fully saturated rings. The lowest BCUT2D eigenvalue weighted by atomic mass is 10.2. The van der Waals surface area contributed by atoms with Gasteiger partial charge in [-0.3, -0.25) is 15.5 Å². The predicted octanol–water partition coefficient (Wildman–Crippen LogP) is 3.93. The third-order valence-corrected chi connectivity index (χ3v) is 3.51. The number of phenolic OH excluding ortho intramolecular Hbond substituents is 1. The van der Waals surface area contributed by atoms with Crippen LogP contribution in [0.1, 0.15) is 5.56 Å². The zero-order valence-corrected chi connectivity index (χ0v) is 14.2. The molecular formula is C14H10Cl2N4O3S. The molecule has 0 aromatic heterocycles. The van der Waals surface area contributed by atoms with E-state index in [0.29, 0.717) is 15.7 Å². The molecule has 0 aliphatic heterocycles. The summed E-state index contributed by atoms with van der Waals surface area (Å²) in [6.07, 6.45) is 1.21. The van der Waals surface area contributed by atoms with Gasteiger partial charge in [-0.25, -0.2) is 0 Å². The summed E-state index contributed by atoms with van der Waals surface area (Å²) in [6.45, 7) is 0. The molecule has 2 aromatic rings. The Balaban J connectivity index is 2.02. The molecule has 0 spiro atoms. The molecule has 0 aliphatic carbocycles. The highest BCUT2D eigenvalue weighted by atomic mass is 35.5. The number of hydrogen-bond acceptors (Lipinski definition) is 5. The first-order chi connectivity index (χ1) is 11.4. The number of rotatable bonds is 4. The van der Waals surface area contributed by atoms with Crippen molar-refractivity contribution < 1.29 is 10.0 Å². The van der Waals surface area contributed by atoms with E-state index >= 15 is 0 Å². The maximum atomic E-state index is 10.7. The third-order valence-electron chi connectivity index (χ3n) is 2.77. The first-order valence-electron chi connectivity index (χ1n) is 6.39. The summed E-state index contributed by atoms with van der Waals surface area (Å²) in [7, 11) is 0. The first-order valence-corrected chi connectivity index (χ1v) is 7.56. The first kappa shape index (κ1) is 17.9. The molecule has 7 nitrogen and oxygen atoms in total. The average molecular weight is 385 g/mol. The minimum atomic E-state index is -0.571. The van der Waals surface area contributed by atoms with Crippen LogP contribution in [-0.4, -0.2) is 21.4 Å². The number of nitro benzene ring substituents is 1. The smallest absolute Gasteiger partial charge is 0.270 e. The summed E-state index contributed by atoms with van der Waals surface area (Å²) in [5.74, 6) is -0.147. The van der Waals surface area contributed by atoms with Crippen LogP contribution in [0, 0.1) is 10.1 Å². The van der Waals surface area contributed by atoms with Gasteiger partial charge in [-0.1, -0.05) is 23.2 Å². The van der Waals surface area contributed by atoms with Crippen molar-refractivity contribution in [1.29, 1.82) is 0 Å². The molecule has 0 saturated carbocycles. The lowest BCUT2D eigenvalue weighted by molar-refractivity contribution is -0.384. The van der Waals surface area contributed by atoms with Gasteiger partial charge in [0.2, 0.25) is 0 Å². The SMILES string of the molecule is O=[N+]([O-])c1ccc(O)c(/C=N/NC(=S)Nc2ccc(Cl)cc2Cl)c1. The Hall–Kier alpha value is -2.42. The molecule has 0 unspecified atom stereocenters. The number of halogens is 2. The number of nitrogens with one attached hydrogen (secondary N) is 2. The topological polar surface area (TPSA) is 99.8 Å². The van der Waals surface area contributed by atoms with Gasteiger partial charge in [-0.05, 0) is 36.5 Å². The lowest BCUT2D eigenvalue weighted by Gasteiger charge is -2.08. The molecule has 0 heterocycles. The van der Waals surface area contributed by atoms with E-state index in [-0.39, 0.29) is 22.1 Å². The van der Waals surface area contributed by atoms with E-state index in [1.807, 2.05) is 0 Å². The fourth-order valence-corrected chi connectivity index (χ4v) is 2.28. The van der Waals surface area contributed by atoms with Gasteiger partial charge in [0.15, 0.2) is 5.11 Å². The highest BCUT2D eigenvalue weighted by Gasteiger charge is 2.09. The number of phenols is 1. The average Bonchev–Trinajstić information content (AvgIpc) is 2.51. The molecular weight excluding hydrogens is 375 g/mol. The van der Waals surface area contributed by atoms with Crippen LogP contribution < -0.4 is 10.7 Å². The highest BCUT2D eigenvalue weighted by Crippen LogP contribution is 2.25. The van der Waals surface area contributed by atoms with Crippen molar-refractivity contribution in [3.8, 4) is 5.75 Å². The van der Waals surface area contributed by atoms with Gasteiger partial charge in [0.05, 0.1) is 21.8 Å². The molecule has 10 heteroatoms. The molecule has 0 aliphatic rings. The summed E-state index contributed by atoms with van der Waals surface area (Å²) in [4.78, 5) is 10.1. The molecule has 0 amide bonds. The zero-order chi connectivity index (χ0) is 17.7. The second-order valence-electron chi connectivity index (χ2n) is 4.45. The number of hydrazone groups is 1. The fourth-order valence-electron chi connectivity index (χ4n) is 1.66. The number of hydrogen-bond donors (Lipinski definition) is 3. The number of non-ortho nitro benzene ring substituents is 1. The number of nitrogens with zero attached hydrogens (tertiary/aromatic N) is 2. The summed E-state index contributed by atoms with van der Waals surface area (Å²) >= 11 is 16.8. The van der Waals surface area contributed by atoms with Crippen LogP contribution in [0.3, 0.4) is 0 Å². The van der Waals surface area contributed by atoms with Crippen molar-refractivity contribution in [2.24, 2.45) is 5.10 Å². The van der Waals surface area contributed by atoms with E-state index in [1.165, 1.54) is 24.4 Å². The molecule has 0 radical (unpaired) electrons. The summed E-state index contributed by atoms with van der Waals surface area (Å²) in [6, 6.07) is 8.43. The molecule has 3 N–H and O–H groups in total. The van der Waals surface area contributed by atoms with E-state index in [1.54, 1.807) is 18.2 Å². The molecule has 0 bridgehead atoms. The Morgan fingerprint density at radius 3 is 2.71 bits per heavy atom. The Bertz CT molecular complexity index is 830. The standard InChI is InChI=1S/C14H10Cl2N4O3S/c15-9-1-3-12(11(16)6-9)18-14(24)19-17-7-8-5-10(20(22)23)2-4-13(8)21/h1-7,21H,(H2,18,19,24)/b17-7+. The van der Waals surface area contributed by atoms with Crippen LogP contribution in [0.5, 0.6) is 5.75 Å². The quantitative estimate of drug-likeness (QED) is 0.319. The van der Waals surface area contributed by atoms with Gasteiger partial charge in [0.25, 0.3) is 5.69 Å². The maximum absolute atomic E-state index is 10.7. The minimum absolute atomic E-state index is 0.139. The Labute approximate surface area is 152 Å². The van der Waals surface area contributed by atoms with Crippen LogP contribution >= 0.6 is 35.4 Å². The predicted molar refractivity (Wildman–Crippen MR) is 98.2 cm³/mol. The number of nitro groups is 1. The van der Waals surface area contributed by atoms with Crippen LogP contribution in [0.15, 0.2) is 41.5 Å². The molecule has 2 aromatic carbocycles. The van der Waals surface area contributed by atoms with Crippen LogP contribution in [0.2, 0.25) is 10.0 Å². The van der Waals surface area contributed by atoms with E-state index in [9.17, 15) is 15.2 Å². The Kier molecular flexibility index (Phi) is 5.91. The fraction of sp³-hybridized carbons (Fsp3) is 0. The van der Waals surface area contributed by atoms with Gasteiger partial charge < -0.3 is 10.4 Å². The lowest BCUT2D eigenvalue weighted by Crippen LogP contribution is -2.24. The summed E-state index contributed by atoms with van der Waals surface area (Å²) < 4.78 is 0. The van der Waals surface area contributed by atoms with Gasteiger partial charge in [0.1, 0.15) is 5.75 Å². The van der Waals surface area contributed by atoms with Crippen LogP contribution in [0.25, 0.3) is 0 Å². The van der Waals surface area contributed by atoms with Gasteiger partial charge >= 0.3 is 0 Å². The molecule has 124 valence electrons. The molecule has 24 heavy (non-hydrogen) atoms. The number of thiocarbonyl (C=S) groups is 1. The Morgan fingerprint density at radius 1 is 1.29 bits per heavy atom. The van der Waals surface area contributed by atoms with E-state index in [0.717, 1.165) is 0 Å². The zero-order valence-electron chi connectivity index (χ0n) is 11.9. The summed E-state index contributed by atoms with van der Waals surface area (Å²) in [5.41, 5.74) is 3.06. The van der Waals surface area contributed by atoms with Gasteiger partial charge in [-0.2, -0.15) is 5.10 Å². The number of aromatic hydroxyl groups is 1. The second kappa shape index (κ2) is 7.91. The van der Waals surface area contributed by atoms with Crippen LogP contribution in [-0.2, 0) is 0 Å². The summed E-state index contributed by atoms with van der Waals surface area (Å²) in [5, 5.41) is 28.0. The van der Waals surface area contributed by atoms with Gasteiger partial charge in [-0.15, -0.1) is 0 Å². The molecule has 0 saturated heterocycles. The maximum Gasteiger partial charge on any atom is 0.270 e. The number of benzene rings is 2.